The number of nitrogens with one attached hydrogen (secondary N) is 1. The summed E-state index contributed by atoms with van der Waals surface area (Å²) in [6.45, 7) is 0.830. The molecule has 2 aromatic heterocycles. The van der Waals surface area contributed by atoms with Crippen LogP contribution in [-0.2, 0) is 16.8 Å². The Morgan fingerprint density at radius 3 is 2.77 bits per heavy atom. The van der Waals surface area contributed by atoms with Crippen molar-refractivity contribution in [3.8, 4) is 10.6 Å². The van der Waals surface area contributed by atoms with Gasteiger partial charge in [-0.15, -0.1) is 15.3 Å². The highest BCUT2D eigenvalue weighted by Gasteiger charge is 2.41. The number of carbonyl (C=O) groups excluding carboxylic acids is 1. The smallest absolute Gasteiger partial charge is 0.273 e. The number of aliphatic hydroxyl groups is 1. The minimum atomic E-state index is -0.616. The summed E-state index contributed by atoms with van der Waals surface area (Å²) in [6, 6.07) is 9.74. The normalized spacial score (nSPS) is 15.4. The van der Waals surface area contributed by atoms with Crippen molar-refractivity contribution in [3.63, 3.8) is 0 Å². The van der Waals surface area contributed by atoms with Gasteiger partial charge in [-0.25, -0.2) is 4.68 Å². The maximum atomic E-state index is 12.3. The molecule has 10 heteroatoms. The van der Waals surface area contributed by atoms with Crippen LogP contribution in [-0.4, -0.2) is 56.0 Å². The molecule has 0 bridgehead atoms. The SMILES string of the molecule is O=C(NCc1nnc(-c2ccccc2)s1)c1cn(C2(CO)COC2)nn1. The Morgan fingerprint density at radius 2 is 2.08 bits per heavy atom. The molecule has 134 valence electrons. The van der Waals surface area contributed by atoms with E-state index in [1.807, 2.05) is 30.3 Å². The number of amides is 1. The highest BCUT2D eigenvalue weighted by molar-refractivity contribution is 7.14. The van der Waals surface area contributed by atoms with Crippen molar-refractivity contribution in [2.24, 2.45) is 0 Å². The summed E-state index contributed by atoms with van der Waals surface area (Å²) in [6.07, 6.45) is 1.52. The fourth-order valence-corrected chi connectivity index (χ4v) is 3.29. The second-order valence-electron chi connectivity index (χ2n) is 5.97. The van der Waals surface area contributed by atoms with Crippen LogP contribution < -0.4 is 5.32 Å². The predicted molar refractivity (Wildman–Crippen MR) is 92.4 cm³/mol. The monoisotopic (exact) mass is 372 g/mol. The maximum Gasteiger partial charge on any atom is 0.273 e. The number of rotatable bonds is 6. The van der Waals surface area contributed by atoms with E-state index in [2.05, 4.69) is 25.8 Å². The van der Waals surface area contributed by atoms with Gasteiger partial charge >= 0.3 is 0 Å². The zero-order chi connectivity index (χ0) is 18.0. The van der Waals surface area contributed by atoms with Crippen molar-refractivity contribution >= 4 is 17.2 Å². The molecule has 1 aliphatic heterocycles. The number of aromatic nitrogens is 5. The summed E-state index contributed by atoms with van der Waals surface area (Å²) >= 11 is 1.42. The van der Waals surface area contributed by atoms with Crippen molar-refractivity contribution in [3.05, 3.63) is 47.2 Å². The fourth-order valence-electron chi connectivity index (χ4n) is 2.50. The molecule has 9 nitrogen and oxygen atoms in total. The van der Waals surface area contributed by atoms with E-state index in [1.54, 1.807) is 0 Å². The van der Waals surface area contributed by atoms with E-state index in [0.29, 0.717) is 18.2 Å². The van der Waals surface area contributed by atoms with Crippen molar-refractivity contribution in [2.45, 2.75) is 12.1 Å². The first-order valence-corrected chi connectivity index (χ1v) is 8.79. The van der Waals surface area contributed by atoms with Gasteiger partial charge in [0.05, 0.1) is 32.6 Å². The summed E-state index contributed by atoms with van der Waals surface area (Å²) in [4.78, 5) is 12.3. The Hall–Kier alpha value is -2.69. The molecule has 1 saturated heterocycles. The van der Waals surface area contributed by atoms with Gasteiger partial charge in [0.15, 0.2) is 5.69 Å². The number of hydrogen-bond acceptors (Lipinski definition) is 8. The second kappa shape index (κ2) is 6.90. The quantitative estimate of drug-likeness (QED) is 0.645. The summed E-state index contributed by atoms with van der Waals surface area (Å²) in [5.41, 5.74) is 0.551. The lowest BCUT2D eigenvalue weighted by Crippen LogP contribution is -2.54. The minimum Gasteiger partial charge on any atom is -0.394 e. The number of ether oxygens (including phenoxy) is 1. The van der Waals surface area contributed by atoms with Gasteiger partial charge in [-0.1, -0.05) is 46.9 Å². The van der Waals surface area contributed by atoms with Crippen LogP contribution in [0.2, 0.25) is 0 Å². The molecule has 3 heterocycles. The average Bonchev–Trinajstić information content (AvgIpc) is 3.30. The molecule has 26 heavy (non-hydrogen) atoms. The maximum absolute atomic E-state index is 12.3. The van der Waals surface area contributed by atoms with Gasteiger partial charge < -0.3 is 15.2 Å². The largest absolute Gasteiger partial charge is 0.394 e. The molecule has 4 rings (SSSR count). The van der Waals surface area contributed by atoms with E-state index >= 15 is 0 Å². The first-order valence-electron chi connectivity index (χ1n) is 7.98. The lowest BCUT2D eigenvalue weighted by atomic mass is 9.99. The van der Waals surface area contributed by atoms with E-state index in [-0.39, 0.29) is 24.8 Å². The molecular weight excluding hydrogens is 356 g/mol. The highest BCUT2D eigenvalue weighted by atomic mass is 32.1. The predicted octanol–water partition coefficient (Wildman–Crippen LogP) is 0.444. The van der Waals surface area contributed by atoms with Crippen LogP contribution in [0.25, 0.3) is 10.6 Å². The minimum absolute atomic E-state index is 0.121. The first-order chi connectivity index (χ1) is 12.7. The summed E-state index contributed by atoms with van der Waals surface area (Å²) < 4.78 is 6.62. The van der Waals surface area contributed by atoms with Crippen LogP contribution in [0.4, 0.5) is 0 Å². The molecule has 0 aliphatic carbocycles. The number of aliphatic hydroxyl groups excluding tert-OH is 1. The van der Waals surface area contributed by atoms with Gasteiger partial charge in [0, 0.05) is 5.56 Å². The van der Waals surface area contributed by atoms with E-state index in [4.69, 9.17) is 4.74 Å². The number of hydrogen-bond donors (Lipinski definition) is 2. The topological polar surface area (TPSA) is 115 Å². The van der Waals surface area contributed by atoms with Crippen LogP contribution in [0.15, 0.2) is 36.5 Å². The third-order valence-electron chi connectivity index (χ3n) is 4.14. The van der Waals surface area contributed by atoms with Gasteiger partial charge in [0.1, 0.15) is 15.6 Å². The Morgan fingerprint density at radius 1 is 1.27 bits per heavy atom. The molecule has 3 aromatic rings. The van der Waals surface area contributed by atoms with E-state index in [1.165, 1.54) is 22.2 Å². The zero-order valence-corrected chi connectivity index (χ0v) is 14.5. The fraction of sp³-hybridized carbons (Fsp3) is 0.312. The number of nitrogens with zero attached hydrogens (tertiary/aromatic N) is 5. The van der Waals surface area contributed by atoms with Crippen molar-refractivity contribution in [1.29, 1.82) is 0 Å². The van der Waals surface area contributed by atoms with E-state index in [9.17, 15) is 9.90 Å². The van der Waals surface area contributed by atoms with Gasteiger partial charge in [0.2, 0.25) is 0 Å². The van der Waals surface area contributed by atoms with E-state index < -0.39 is 5.54 Å². The standard InChI is InChI=1S/C16H16N6O3S/c23-8-16(9-25-10-16)22-7-12(18-21-22)14(24)17-6-13-19-20-15(26-13)11-4-2-1-3-5-11/h1-5,7,23H,6,8-10H2,(H,17,24). The van der Waals surface area contributed by atoms with Gasteiger partial charge in [-0.2, -0.15) is 0 Å². The van der Waals surface area contributed by atoms with Crippen LogP contribution in [0.1, 0.15) is 15.5 Å². The summed E-state index contributed by atoms with van der Waals surface area (Å²) in [5.74, 6) is -0.360. The summed E-state index contributed by atoms with van der Waals surface area (Å²) in [7, 11) is 0. The second-order valence-corrected chi connectivity index (χ2v) is 7.04. The lowest BCUT2D eigenvalue weighted by molar-refractivity contribution is -0.130. The summed E-state index contributed by atoms with van der Waals surface area (Å²) in [5, 5.41) is 29.8. The molecule has 1 amide bonds. The number of carbonyl (C=O) groups is 1. The van der Waals surface area contributed by atoms with Crippen molar-refractivity contribution in [1.82, 2.24) is 30.5 Å². The molecule has 0 saturated carbocycles. The van der Waals surface area contributed by atoms with Gasteiger partial charge in [-0.05, 0) is 0 Å². The van der Waals surface area contributed by atoms with Crippen LogP contribution >= 0.6 is 11.3 Å². The number of benzene rings is 1. The molecule has 1 aromatic carbocycles. The molecule has 0 radical (unpaired) electrons. The lowest BCUT2D eigenvalue weighted by Gasteiger charge is -2.39. The Bertz CT molecular complexity index is 900. The third-order valence-corrected chi connectivity index (χ3v) is 5.11. The molecule has 1 aliphatic rings. The Kier molecular flexibility index (Phi) is 4.45. The van der Waals surface area contributed by atoms with Crippen LogP contribution in [0.5, 0.6) is 0 Å². The van der Waals surface area contributed by atoms with Crippen LogP contribution in [0.3, 0.4) is 0 Å². The molecular formula is C16H16N6O3S. The van der Waals surface area contributed by atoms with Crippen molar-refractivity contribution < 1.29 is 14.6 Å². The first kappa shape index (κ1) is 16.8. The van der Waals surface area contributed by atoms with Gasteiger partial charge in [-0.3, -0.25) is 4.79 Å². The molecule has 0 atom stereocenters. The zero-order valence-electron chi connectivity index (χ0n) is 13.7. The Balaban J connectivity index is 1.39. The molecule has 0 spiro atoms. The van der Waals surface area contributed by atoms with Crippen LogP contribution in [0, 0.1) is 0 Å². The highest BCUT2D eigenvalue weighted by Crippen LogP contribution is 2.25. The van der Waals surface area contributed by atoms with Gasteiger partial charge in [0.25, 0.3) is 5.91 Å². The third kappa shape index (κ3) is 3.09. The molecule has 0 unspecified atom stereocenters. The molecule has 2 N–H and O–H groups in total. The molecule has 1 fully saturated rings. The Labute approximate surface area is 152 Å². The average molecular weight is 372 g/mol. The van der Waals surface area contributed by atoms with Crippen molar-refractivity contribution in [2.75, 3.05) is 19.8 Å². The van der Waals surface area contributed by atoms with E-state index in [0.717, 1.165) is 10.6 Å².